The first-order chi connectivity index (χ1) is 10.8. The molecule has 2 rings (SSSR count). The van der Waals surface area contributed by atoms with Crippen molar-refractivity contribution < 1.29 is 9.53 Å². The summed E-state index contributed by atoms with van der Waals surface area (Å²) < 4.78 is 5.44. The molecule has 0 aliphatic rings. The number of anilines is 1. The minimum Gasteiger partial charge on any atom is -0.462 e. The molecule has 0 aliphatic carbocycles. The number of esters is 1. The monoisotopic (exact) mass is 331 g/mol. The Balaban J connectivity index is 2.55. The summed E-state index contributed by atoms with van der Waals surface area (Å²) in [4.78, 5) is 13.7. The van der Waals surface area contributed by atoms with Crippen LogP contribution in [0.25, 0.3) is 11.1 Å². The Morgan fingerprint density at radius 2 is 2.00 bits per heavy atom. The topological polar surface area (TPSA) is 52.3 Å². The Labute approximate surface area is 142 Å². The van der Waals surface area contributed by atoms with Gasteiger partial charge in [0.25, 0.3) is 0 Å². The normalized spacial score (nSPS) is 11.0. The van der Waals surface area contributed by atoms with Gasteiger partial charge in [0.2, 0.25) is 0 Å². The Hall–Kier alpha value is -1.81. The van der Waals surface area contributed by atoms with Crippen molar-refractivity contribution in [2.45, 2.75) is 41.0 Å². The molecule has 124 valence electrons. The number of carbonyl (C=O) groups is 1. The van der Waals surface area contributed by atoms with Crippen molar-refractivity contribution in [1.29, 1.82) is 0 Å². The smallest absolute Gasteiger partial charge is 0.341 e. The number of carbonyl (C=O) groups excluding carboxylic acids is 1. The molecule has 0 spiro atoms. The Morgan fingerprint density at radius 1 is 1.30 bits per heavy atom. The highest BCUT2D eigenvalue weighted by Crippen LogP contribution is 2.41. The van der Waals surface area contributed by atoms with E-state index >= 15 is 0 Å². The standard InChI is InChI=1S/C19H25NO2S/c1-6-15-16(14-8-7-12(4)9-13(14)5)17(18(20)23-15)19(21)22-10-11(2)3/h7-9,11H,6,10,20H2,1-5H3. The number of benzene rings is 1. The van der Waals surface area contributed by atoms with Crippen molar-refractivity contribution in [3.05, 3.63) is 39.8 Å². The second kappa shape index (κ2) is 7.18. The van der Waals surface area contributed by atoms with Crippen LogP contribution >= 0.6 is 11.3 Å². The van der Waals surface area contributed by atoms with Crippen molar-refractivity contribution in [1.82, 2.24) is 0 Å². The van der Waals surface area contributed by atoms with Gasteiger partial charge in [-0.1, -0.05) is 44.5 Å². The molecule has 2 N–H and O–H groups in total. The fraction of sp³-hybridized carbons (Fsp3) is 0.421. The number of ether oxygens (including phenoxy) is 1. The molecule has 23 heavy (non-hydrogen) atoms. The zero-order chi connectivity index (χ0) is 17.1. The van der Waals surface area contributed by atoms with Crippen LogP contribution in [0.1, 0.15) is 47.1 Å². The molecule has 2 aromatic rings. The largest absolute Gasteiger partial charge is 0.462 e. The van der Waals surface area contributed by atoms with Gasteiger partial charge in [-0.3, -0.25) is 0 Å². The van der Waals surface area contributed by atoms with E-state index in [0.717, 1.165) is 28.0 Å². The molecule has 1 aromatic heterocycles. The average Bonchev–Trinajstić information content (AvgIpc) is 2.81. The number of nitrogen functional groups attached to an aromatic ring is 1. The van der Waals surface area contributed by atoms with E-state index in [1.54, 1.807) is 0 Å². The number of hydrogen-bond acceptors (Lipinski definition) is 4. The summed E-state index contributed by atoms with van der Waals surface area (Å²) in [5.74, 6) is -0.0175. The summed E-state index contributed by atoms with van der Waals surface area (Å²) >= 11 is 1.49. The highest BCUT2D eigenvalue weighted by atomic mass is 32.1. The lowest BCUT2D eigenvalue weighted by Crippen LogP contribution is -2.12. The van der Waals surface area contributed by atoms with Gasteiger partial charge in [-0.25, -0.2) is 4.79 Å². The lowest BCUT2D eigenvalue weighted by atomic mass is 9.95. The van der Waals surface area contributed by atoms with Gasteiger partial charge in [0.15, 0.2) is 0 Å². The van der Waals surface area contributed by atoms with Crippen LogP contribution in [0.5, 0.6) is 0 Å². The summed E-state index contributed by atoms with van der Waals surface area (Å²) in [7, 11) is 0. The number of nitrogens with two attached hydrogens (primary N) is 1. The summed E-state index contributed by atoms with van der Waals surface area (Å²) in [6.07, 6.45) is 0.842. The molecule has 0 fully saturated rings. The fourth-order valence-electron chi connectivity index (χ4n) is 2.64. The maximum absolute atomic E-state index is 12.6. The number of hydrogen-bond donors (Lipinski definition) is 1. The van der Waals surface area contributed by atoms with E-state index < -0.39 is 0 Å². The molecule has 0 saturated heterocycles. The average molecular weight is 331 g/mol. The van der Waals surface area contributed by atoms with E-state index in [9.17, 15) is 4.79 Å². The maximum Gasteiger partial charge on any atom is 0.341 e. The molecule has 0 aliphatic heterocycles. The van der Waals surface area contributed by atoms with Crippen molar-refractivity contribution in [3.8, 4) is 11.1 Å². The molecule has 0 unspecified atom stereocenters. The van der Waals surface area contributed by atoms with Crippen LogP contribution in [-0.2, 0) is 11.2 Å². The third-order valence-electron chi connectivity index (χ3n) is 3.73. The minimum atomic E-state index is -0.317. The van der Waals surface area contributed by atoms with Crippen LogP contribution < -0.4 is 5.73 Å². The van der Waals surface area contributed by atoms with Crippen molar-refractivity contribution in [2.24, 2.45) is 5.92 Å². The van der Waals surface area contributed by atoms with Crippen LogP contribution in [0, 0.1) is 19.8 Å². The third-order valence-corrected chi connectivity index (χ3v) is 4.90. The number of aryl methyl sites for hydroxylation is 3. The molecule has 0 amide bonds. The molecule has 0 bridgehead atoms. The predicted molar refractivity (Wildman–Crippen MR) is 98.1 cm³/mol. The lowest BCUT2D eigenvalue weighted by Gasteiger charge is -2.12. The zero-order valence-corrected chi connectivity index (χ0v) is 15.3. The quantitative estimate of drug-likeness (QED) is 0.785. The predicted octanol–water partition coefficient (Wildman–Crippen LogP) is 4.99. The summed E-state index contributed by atoms with van der Waals surface area (Å²) in [5.41, 5.74) is 11.1. The molecular formula is C19H25NO2S. The van der Waals surface area contributed by atoms with E-state index in [4.69, 9.17) is 10.5 Å². The third kappa shape index (κ3) is 3.75. The number of thiophene rings is 1. The second-order valence-corrected chi connectivity index (χ2v) is 7.44. The second-order valence-electron chi connectivity index (χ2n) is 6.30. The van der Waals surface area contributed by atoms with E-state index in [1.165, 1.54) is 16.9 Å². The highest BCUT2D eigenvalue weighted by molar-refractivity contribution is 7.17. The zero-order valence-electron chi connectivity index (χ0n) is 14.5. The van der Waals surface area contributed by atoms with Crippen LogP contribution in [0.3, 0.4) is 0 Å². The van der Waals surface area contributed by atoms with Gasteiger partial charge in [0.1, 0.15) is 10.6 Å². The molecular weight excluding hydrogens is 306 g/mol. The Kier molecular flexibility index (Phi) is 5.47. The van der Waals surface area contributed by atoms with Crippen molar-refractivity contribution in [2.75, 3.05) is 12.3 Å². The molecule has 1 aromatic carbocycles. The van der Waals surface area contributed by atoms with Gasteiger partial charge < -0.3 is 10.5 Å². The van der Waals surface area contributed by atoms with Gasteiger partial charge >= 0.3 is 5.97 Å². The first kappa shape index (κ1) is 17.5. The summed E-state index contributed by atoms with van der Waals surface area (Å²) in [6.45, 7) is 10.7. The molecule has 0 saturated carbocycles. The molecule has 0 radical (unpaired) electrons. The van der Waals surface area contributed by atoms with Gasteiger partial charge in [-0.2, -0.15) is 0 Å². The minimum absolute atomic E-state index is 0.300. The van der Waals surface area contributed by atoms with E-state index in [2.05, 4.69) is 39.0 Å². The number of rotatable bonds is 5. The molecule has 4 heteroatoms. The van der Waals surface area contributed by atoms with Gasteiger partial charge in [-0.05, 0) is 37.3 Å². The lowest BCUT2D eigenvalue weighted by molar-refractivity contribution is 0.0461. The maximum atomic E-state index is 12.6. The Morgan fingerprint density at radius 3 is 2.57 bits per heavy atom. The van der Waals surface area contributed by atoms with E-state index in [1.807, 2.05) is 13.8 Å². The molecule has 0 atom stereocenters. The van der Waals surface area contributed by atoms with Crippen LogP contribution in [0.15, 0.2) is 18.2 Å². The summed E-state index contributed by atoms with van der Waals surface area (Å²) in [5, 5.41) is 0.547. The van der Waals surface area contributed by atoms with Crippen LogP contribution in [-0.4, -0.2) is 12.6 Å². The van der Waals surface area contributed by atoms with Crippen molar-refractivity contribution >= 4 is 22.3 Å². The van der Waals surface area contributed by atoms with E-state index in [-0.39, 0.29) is 5.97 Å². The van der Waals surface area contributed by atoms with Gasteiger partial charge in [0, 0.05) is 10.4 Å². The van der Waals surface area contributed by atoms with Gasteiger partial charge in [0.05, 0.1) is 6.61 Å². The Bertz CT molecular complexity index is 716. The SMILES string of the molecule is CCc1sc(N)c(C(=O)OCC(C)C)c1-c1ccc(C)cc1C. The summed E-state index contributed by atoms with van der Waals surface area (Å²) in [6, 6.07) is 6.27. The van der Waals surface area contributed by atoms with E-state index in [0.29, 0.717) is 23.1 Å². The molecule has 1 heterocycles. The van der Waals surface area contributed by atoms with Crippen LogP contribution in [0.4, 0.5) is 5.00 Å². The first-order valence-corrected chi connectivity index (χ1v) is 8.82. The highest BCUT2D eigenvalue weighted by Gasteiger charge is 2.25. The van der Waals surface area contributed by atoms with Crippen molar-refractivity contribution in [3.63, 3.8) is 0 Å². The first-order valence-electron chi connectivity index (χ1n) is 8.01. The van der Waals surface area contributed by atoms with Gasteiger partial charge in [-0.15, -0.1) is 11.3 Å². The van der Waals surface area contributed by atoms with Crippen LogP contribution in [0.2, 0.25) is 0 Å². The molecule has 3 nitrogen and oxygen atoms in total. The fourth-order valence-corrected chi connectivity index (χ4v) is 3.65.